The SMILES string of the molecule is FC(F)(F)c1ccc2c(c1)c1ccccc1n2-c1ccc(-c2nc(-c3ccccc3)nc(-c3ccccc3)n2)cc1-c1ccncc1-n1c2ccccc2c2cc(C(F)(F)F)ccc21. The van der Waals surface area contributed by atoms with Crippen molar-refractivity contribution in [2.45, 2.75) is 12.4 Å². The maximum Gasteiger partial charge on any atom is 0.416 e. The molecule has 11 aromatic rings. The van der Waals surface area contributed by atoms with Crippen LogP contribution in [0.4, 0.5) is 26.3 Å². The highest BCUT2D eigenvalue weighted by atomic mass is 19.4. The Morgan fingerprint density at radius 1 is 0.359 bits per heavy atom. The number of nitrogens with zero attached hydrogens (tertiary/aromatic N) is 6. The summed E-state index contributed by atoms with van der Waals surface area (Å²) in [5.74, 6) is 1.27. The van der Waals surface area contributed by atoms with Crippen molar-refractivity contribution in [3.63, 3.8) is 0 Å². The second-order valence-electron chi connectivity index (χ2n) is 15.3. The molecule has 0 bridgehead atoms. The number of pyridine rings is 1. The van der Waals surface area contributed by atoms with Gasteiger partial charge in [0.15, 0.2) is 17.5 Å². The van der Waals surface area contributed by atoms with Crippen LogP contribution in [0.1, 0.15) is 11.1 Å². The van der Waals surface area contributed by atoms with Crippen LogP contribution in [0.2, 0.25) is 0 Å². The van der Waals surface area contributed by atoms with E-state index in [2.05, 4.69) is 4.98 Å². The van der Waals surface area contributed by atoms with Crippen molar-refractivity contribution < 1.29 is 26.3 Å². The van der Waals surface area contributed by atoms with Crippen LogP contribution in [0, 0.1) is 0 Å². The van der Waals surface area contributed by atoms with Gasteiger partial charge in [-0.2, -0.15) is 26.3 Å². The second kappa shape index (κ2) is 14.8. The minimum absolute atomic E-state index is 0.365. The number of halogens is 6. The third kappa shape index (κ3) is 6.53. The molecule has 0 saturated heterocycles. The summed E-state index contributed by atoms with van der Waals surface area (Å²) in [5.41, 5.74) is 5.42. The summed E-state index contributed by atoms with van der Waals surface area (Å²) in [4.78, 5) is 19.4. The van der Waals surface area contributed by atoms with Crippen LogP contribution in [-0.2, 0) is 12.4 Å². The molecule has 0 spiro atoms. The van der Waals surface area contributed by atoms with Gasteiger partial charge in [0, 0.05) is 55.6 Å². The molecule has 0 radical (unpaired) electrons. The lowest BCUT2D eigenvalue weighted by Gasteiger charge is -2.19. The average Bonchev–Trinajstić information content (AvgIpc) is 3.83. The van der Waals surface area contributed by atoms with Crippen molar-refractivity contribution in [1.82, 2.24) is 29.1 Å². The summed E-state index contributed by atoms with van der Waals surface area (Å²) in [6.07, 6.45) is -5.83. The maximum atomic E-state index is 14.2. The molecule has 0 saturated carbocycles. The van der Waals surface area contributed by atoms with Gasteiger partial charge in [0.25, 0.3) is 0 Å². The molecule has 0 atom stereocenters. The third-order valence-electron chi connectivity index (χ3n) is 11.5. The third-order valence-corrected chi connectivity index (χ3v) is 11.5. The molecule has 0 fully saturated rings. The van der Waals surface area contributed by atoms with Crippen LogP contribution >= 0.6 is 0 Å². The molecule has 6 nitrogen and oxygen atoms in total. The maximum absolute atomic E-state index is 14.2. The van der Waals surface area contributed by atoms with Crippen molar-refractivity contribution in [2.24, 2.45) is 0 Å². The summed E-state index contributed by atoms with van der Waals surface area (Å²) < 4.78 is 88.9. The minimum Gasteiger partial charge on any atom is -0.309 e. The summed E-state index contributed by atoms with van der Waals surface area (Å²) >= 11 is 0. The summed E-state index contributed by atoms with van der Waals surface area (Å²) in [7, 11) is 0. The molecule has 11 rings (SSSR count). The van der Waals surface area contributed by atoms with E-state index in [1.165, 1.54) is 24.3 Å². The van der Waals surface area contributed by atoms with E-state index in [1.54, 1.807) is 36.7 Å². The zero-order chi connectivity index (χ0) is 43.7. The van der Waals surface area contributed by atoms with Crippen molar-refractivity contribution in [3.8, 4) is 56.7 Å². The van der Waals surface area contributed by atoms with Gasteiger partial charge in [-0.05, 0) is 72.8 Å². The van der Waals surface area contributed by atoms with Gasteiger partial charge in [-0.1, -0.05) is 97.1 Å². The molecular formula is C52H30F6N6. The van der Waals surface area contributed by atoms with Crippen LogP contribution in [0.15, 0.2) is 182 Å². The number of aromatic nitrogens is 6. The van der Waals surface area contributed by atoms with Crippen LogP contribution in [0.25, 0.3) is 100 Å². The molecule has 12 heteroatoms. The smallest absolute Gasteiger partial charge is 0.309 e. The number of fused-ring (bicyclic) bond motifs is 6. The second-order valence-corrected chi connectivity index (χ2v) is 15.3. The zero-order valence-electron chi connectivity index (χ0n) is 33.3. The van der Waals surface area contributed by atoms with Gasteiger partial charge in [-0.15, -0.1) is 0 Å². The van der Waals surface area contributed by atoms with E-state index < -0.39 is 23.5 Å². The first-order valence-corrected chi connectivity index (χ1v) is 20.2. The van der Waals surface area contributed by atoms with Crippen molar-refractivity contribution >= 4 is 43.6 Å². The van der Waals surface area contributed by atoms with Crippen molar-refractivity contribution in [3.05, 3.63) is 193 Å². The number of alkyl halides is 6. The van der Waals surface area contributed by atoms with E-state index in [0.717, 1.165) is 23.3 Å². The van der Waals surface area contributed by atoms with Crippen LogP contribution in [0.3, 0.4) is 0 Å². The van der Waals surface area contributed by atoms with Gasteiger partial charge in [-0.3, -0.25) is 4.98 Å². The van der Waals surface area contributed by atoms with Crippen LogP contribution in [-0.4, -0.2) is 29.1 Å². The highest BCUT2D eigenvalue weighted by molar-refractivity contribution is 6.12. The number of benzene rings is 7. The van der Waals surface area contributed by atoms with Gasteiger partial charge in [0.05, 0.1) is 50.8 Å². The molecule has 0 aliphatic rings. The monoisotopic (exact) mass is 852 g/mol. The molecule has 0 aliphatic carbocycles. The van der Waals surface area contributed by atoms with Gasteiger partial charge in [0.1, 0.15) is 0 Å². The molecule has 4 aromatic heterocycles. The topological polar surface area (TPSA) is 61.4 Å². The fourth-order valence-electron chi connectivity index (χ4n) is 8.63. The Bertz CT molecular complexity index is 3540. The molecule has 0 amide bonds. The Kier molecular flexibility index (Phi) is 8.95. The number of rotatable bonds is 6. The van der Waals surface area contributed by atoms with Gasteiger partial charge < -0.3 is 9.13 Å². The Balaban J connectivity index is 1.22. The number of hydrogen-bond acceptors (Lipinski definition) is 4. The van der Waals surface area contributed by atoms with Crippen LogP contribution < -0.4 is 0 Å². The number of para-hydroxylation sites is 2. The lowest BCUT2D eigenvalue weighted by Crippen LogP contribution is -2.05. The molecule has 7 aromatic carbocycles. The molecule has 4 heterocycles. The summed E-state index contributed by atoms with van der Waals surface area (Å²) in [5, 5.41) is 2.05. The first-order chi connectivity index (χ1) is 31.0. The molecule has 0 aliphatic heterocycles. The first kappa shape index (κ1) is 38.8. The normalized spacial score (nSPS) is 12.2. The predicted molar refractivity (Wildman–Crippen MR) is 238 cm³/mol. The van der Waals surface area contributed by atoms with Gasteiger partial charge in [-0.25, -0.2) is 15.0 Å². The Morgan fingerprint density at radius 2 is 0.812 bits per heavy atom. The molecule has 0 N–H and O–H groups in total. The lowest BCUT2D eigenvalue weighted by molar-refractivity contribution is -0.138. The highest BCUT2D eigenvalue weighted by Crippen LogP contribution is 2.44. The average molecular weight is 853 g/mol. The van der Waals surface area contributed by atoms with E-state index in [4.69, 9.17) is 15.0 Å². The van der Waals surface area contributed by atoms with E-state index in [-0.39, 0.29) is 0 Å². The first-order valence-electron chi connectivity index (χ1n) is 20.2. The molecular weight excluding hydrogens is 823 g/mol. The minimum atomic E-state index is -4.57. The number of hydrogen-bond donors (Lipinski definition) is 0. The van der Waals surface area contributed by atoms with Crippen LogP contribution in [0.5, 0.6) is 0 Å². The quantitative estimate of drug-likeness (QED) is 0.156. The van der Waals surface area contributed by atoms with E-state index in [1.807, 2.05) is 118 Å². The van der Waals surface area contributed by atoms with Crippen molar-refractivity contribution in [1.29, 1.82) is 0 Å². The molecule has 310 valence electrons. The Morgan fingerprint density at radius 3 is 1.33 bits per heavy atom. The molecule has 64 heavy (non-hydrogen) atoms. The predicted octanol–water partition coefficient (Wildman–Crippen LogP) is 14.2. The van der Waals surface area contributed by atoms with Gasteiger partial charge >= 0.3 is 12.4 Å². The summed E-state index contributed by atoms with van der Waals surface area (Å²) in [6, 6.07) is 48.6. The largest absolute Gasteiger partial charge is 0.416 e. The lowest BCUT2D eigenvalue weighted by atomic mass is 9.99. The van der Waals surface area contributed by atoms with E-state index in [0.29, 0.717) is 89.2 Å². The highest BCUT2D eigenvalue weighted by Gasteiger charge is 2.33. The van der Waals surface area contributed by atoms with Gasteiger partial charge in [0.2, 0.25) is 0 Å². The molecule has 0 unspecified atom stereocenters. The van der Waals surface area contributed by atoms with Crippen molar-refractivity contribution in [2.75, 3.05) is 0 Å². The fraction of sp³-hybridized carbons (Fsp3) is 0.0385. The Labute approximate surface area is 360 Å². The zero-order valence-corrected chi connectivity index (χ0v) is 33.3. The standard InChI is InChI=1S/C52H30F6N6/c53-51(54,55)34-20-23-45-40(28-34)36-15-7-9-17-42(36)63(45)44-22-19-33(50-61-48(31-11-3-1-4-12-31)60-49(62-50)32-13-5-2-6-14-32)27-39(44)38-25-26-59-30-47(38)64-43-18-10-8-16-37(43)41-29-35(52(56,57)58)21-24-46(41)64/h1-30H. The van der Waals surface area contributed by atoms with E-state index in [9.17, 15) is 26.3 Å². The van der Waals surface area contributed by atoms with E-state index >= 15 is 0 Å². The fourth-order valence-corrected chi connectivity index (χ4v) is 8.63. The summed E-state index contributed by atoms with van der Waals surface area (Å²) in [6.45, 7) is 0. The Hall–Kier alpha value is -8.12.